The van der Waals surface area contributed by atoms with Gasteiger partial charge < -0.3 is 0 Å². The van der Waals surface area contributed by atoms with Gasteiger partial charge in [0.1, 0.15) is 12.2 Å². The molecule has 2 aromatic rings. The van der Waals surface area contributed by atoms with Gasteiger partial charge >= 0.3 is 5.56 Å². The van der Waals surface area contributed by atoms with Crippen LogP contribution in [0.1, 0.15) is 23.2 Å². The maximum atomic E-state index is 12.5. The van der Waals surface area contributed by atoms with E-state index >= 15 is 0 Å². The van der Waals surface area contributed by atoms with Crippen molar-refractivity contribution in [1.29, 1.82) is 0 Å². The van der Waals surface area contributed by atoms with E-state index in [0.29, 0.717) is 0 Å². The molecule has 1 aromatic heterocycles. The van der Waals surface area contributed by atoms with Gasteiger partial charge in [0.25, 0.3) is 5.82 Å². The number of nitrogens with zero attached hydrogens (tertiary/aromatic N) is 2. The topological polar surface area (TPSA) is 118 Å². The second-order valence-electron chi connectivity index (χ2n) is 5.59. The molecule has 1 aliphatic heterocycles. The van der Waals surface area contributed by atoms with Gasteiger partial charge in [-0.3, -0.25) is 0 Å². The molecular formula is C15H15ClN2O5. The lowest BCUT2D eigenvalue weighted by Gasteiger charge is -2.17. The van der Waals surface area contributed by atoms with E-state index in [9.17, 15) is 4.79 Å². The molecule has 0 amide bonds. The Morgan fingerprint density at radius 2 is 1.78 bits per heavy atom. The fraction of sp³-hybridized carbons (Fsp3) is 0.333. The molecule has 0 radical (unpaired) electrons. The van der Waals surface area contributed by atoms with E-state index in [1.54, 1.807) is 0 Å². The summed E-state index contributed by atoms with van der Waals surface area (Å²) < 4.78 is 38.1. The number of halogens is 1. The van der Waals surface area contributed by atoms with E-state index in [2.05, 4.69) is 23.7 Å². The number of rotatable bonds is 0. The van der Waals surface area contributed by atoms with E-state index in [1.807, 2.05) is 16.7 Å². The van der Waals surface area contributed by atoms with E-state index in [1.165, 1.54) is 16.8 Å². The SMILES string of the molecule is C[n+]1c2c(c(=O)n3c1-c1ccccc1C3)CCC2.[O-][Cl+3]([O-])([O-])[O-]. The maximum Gasteiger partial charge on any atom is 0.341 e. The summed E-state index contributed by atoms with van der Waals surface area (Å²) in [6, 6.07) is 8.33. The van der Waals surface area contributed by atoms with Crippen LogP contribution in [0.5, 0.6) is 0 Å². The Bertz CT molecular complexity index is 820. The molecular weight excluding hydrogens is 324 g/mol. The molecule has 2 aliphatic rings. The molecule has 0 N–H and O–H groups in total. The largest absolute Gasteiger partial charge is 0.341 e. The zero-order valence-electron chi connectivity index (χ0n) is 12.5. The van der Waals surface area contributed by atoms with Gasteiger partial charge in [-0.2, -0.15) is 4.57 Å². The third-order valence-corrected chi connectivity index (χ3v) is 4.26. The average Bonchev–Trinajstić information content (AvgIpc) is 3.08. The van der Waals surface area contributed by atoms with Crippen LogP contribution >= 0.6 is 0 Å². The molecule has 8 heteroatoms. The monoisotopic (exact) mass is 338 g/mol. The highest BCUT2D eigenvalue weighted by atomic mass is 35.7. The molecule has 4 rings (SSSR count). The molecule has 0 fully saturated rings. The highest BCUT2D eigenvalue weighted by molar-refractivity contribution is 5.62. The molecule has 1 aliphatic carbocycles. The summed E-state index contributed by atoms with van der Waals surface area (Å²) in [7, 11) is -2.85. The Morgan fingerprint density at radius 1 is 1.13 bits per heavy atom. The lowest BCUT2D eigenvalue weighted by atomic mass is 10.1. The van der Waals surface area contributed by atoms with Crippen LogP contribution in [0.2, 0.25) is 0 Å². The molecule has 0 unspecified atom stereocenters. The first kappa shape index (κ1) is 16.1. The van der Waals surface area contributed by atoms with Crippen LogP contribution in [0.4, 0.5) is 0 Å². The van der Waals surface area contributed by atoms with Crippen LogP contribution in [0.15, 0.2) is 29.1 Å². The van der Waals surface area contributed by atoms with Crippen molar-refractivity contribution in [3.05, 3.63) is 51.4 Å². The van der Waals surface area contributed by atoms with Crippen LogP contribution in [-0.2, 0) is 26.4 Å². The molecule has 0 saturated carbocycles. The Labute approximate surface area is 134 Å². The first-order valence-corrected chi connectivity index (χ1v) is 8.35. The third-order valence-electron chi connectivity index (χ3n) is 4.26. The van der Waals surface area contributed by atoms with Gasteiger partial charge in [0.05, 0.1) is 18.2 Å². The van der Waals surface area contributed by atoms with Crippen molar-refractivity contribution in [2.45, 2.75) is 25.8 Å². The van der Waals surface area contributed by atoms with Crippen molar-refractivity contribution in [2.75, 3.05) is 0 Å². The molecule has 1 aromatic carbocycles. The van der Waals surface area contributed by atoms with Crippen molar-refractivity contribution in [3.8, 4) is 11.4 Å². The first-order valence-electron chi connectivity index (χ1n) is 7.12. The number of hydrogen-bond donors (Lipinski definition) is 0. The van der Waals surface area contributed by atoms with Crippen molar-refractivity contribution >= 4 is 0 Å². The summed E-state index contributed by atoms with van der Waals surface area (Å²) in [5.41, 5.74) is 4.98. The predicted octanol–water partition coefficient (Wildman–Crippen LogP) is -3.57. The van der Waals surface area contributed by atoms with Gasteiger partial charge in [-0.1, -0.05) is 18.2 Å². The van der Waals surface area contributed by atoms with E-state index < -0.39 is 10.2 Å². The molecule has 0 spiro atoms. The van der Waals surface area contributed by atoms with Crippen molar-refractivity contribution < 1.29 is 33.4 Å². The molecule has 2 heterocycles. The summed E-state index contributed by atoms with van der Waals surface area (Å²) in [5.74, 6) is 1.08. The Kier molecular flexibility index (Phi) is 3.99. The molecule has 0 bridgehead atoms. The number of fused-ring (bicyclic) bond motifs is 4. The van der Waals surface area contributed by atoms with Crippen LogP contribution in [0.3, 0.4) is 0 Å². The molecule has 23 heavy (non-hydrogen) atoms. The fourth-order valence-corrected chi connectivity index (χ4v) is 3.42. The van der Waals surface area contributed by atoms with Crippen molar-refractivity contribution in [1.82, 2.24) is 4.57 Å². The van der Waals surface area contributed by atoms with Gasteiger partial charge in [-0.25, -0.2) is 28.0 Å². The Hall–Kier alpha value is -1.77. The van der Waals surface area contributed by atoms with Gasteiger partial charge in [0, 0.05) is 12.0 Å². The third kappa shape index (κ3) is 3.01. The quantitative estimate of drug-likeness (QED) is 0.393. The first-order chi connectivity index (χ1) is 10.8. The smallest absolute Gasteiger partial charge is 0.241 e. The molecule has 0 saturated heterocycles. The van der Waals surface area contributed by atoms with Crippen LogP contribution < -0.4 is 28.8 Å². The van der Waals surface area contributed by atoms with Crippen molar-refractivity contribution in [2.24, 2.45) is 7.05 Å². The minimum Gasteiger partial charge on any atom is -0.241 e. The highest BCUT2D eigenvalue weighted by Gasteiger charge is 2.34. The van der Waals surface area contributed by atoms with Crippen LogP contribution in [0, 0.1) is 10.2 Å². The average molecular weight is 339 g/mol. The van der Waals surface area contributed by atoms with E-state index in [4.69, 9.17) is 18.6 Å². The summed E-state index contributed by atoms with van der Waals surface area (Å²) in [6.07, 6.45) is 3.10. The zero-order chi connectivity index (χ0) is 16.8. The summed E-state index contributed by atoms with van der Waals surface area (Å²) in [5, 5.41) is 0. The standard InChI is InChI=1S/C15H15N2O.ClHO4/c1-16-13-8-4-7-12(13)15(18)17-9-10-5-2-3-6-11(10)14(16)17;2-1(3,4)5/h2-3,5-6H,4,7-9H2,1H3;(H,2,3,4,5)/q+1;/p-1. The number of aromatic nitrogens is 2. The normalized spacial score (nSPS) is 14.7. The summed E-state index contributed by atoms with van der Waals surface area (Å²) in [6.45, 7) is 0.728. The molecule has 0 atom stereocenters. The van der Waals surface area contributed by atoms with E-state index in [0.717, 1.165) is 37.2 Å². The van der Waals surface area contributed by atoms with Gasteiger partial charge in [-0.15, -0.1) is 10.2 Å². The van der Waals surface area contributed by atoms with Crippen molar-refractivity contribution in [3.63, 3.8) is 0 Å². The second-order valence-corrected chi connectivity index (χ2v) is 6.34. The minimum absolute atomic E-state index is 0.229. The lowest BCUT2D eigenvalue weighted by Crippen LogP contribution is -2.68. The highest BCUT2D eigenvalue weighted by Crippen LogP contribution is 2.29. The van der Waals surface area contributed by atoms with Crippen LogP contribution in [-0.4, -0.2) is 4.57 Å². The molecule has 122 valence electrons. The minimum atomic E-state index is -4.94. The number of benzene rings is 1. The summed E-state index contributed by atoms with van der Waals surface area (Å²) in [4.78, 5) is 12.5. The van der Waals surface area contributed by atoms with Gasteiger partial charge in [0.15, 0.2) is 0 Å². The predicted molar refractivity (Wildman–Crippen MR) is 68.4 cm³/mol. The van der Waals surface area contributed by atoms with Crippen LogP contribution in [0.25, 0.3) is 11.4 Å². The fourth-order valence-electron chi connectivity index (χ4n) is 3.42. The molecule has 7 nitrogen and oxygen atoms in total. The second kappa shape index (κ2) is 5.70. The van der Waals surface area contributed by atoms with Gasteiger partial charge in [0.2, 0.25) is 0 Å². The lowest BCUT2D eigenvalue weighted by molar-refractivity contribution is -2.00. The Morgan fingerprint density at radius 3 is 2.48 bits per heavy atom. The Balaban J connectivity index is 0.000000276. The number of hydrogen-bond acceptors (Lipinski definition) is 5. The zero-order valence-corrected chi connectivity index (χ0v) is 13.2. The van der Waals surface area contributed by atoms with E-state index in [-0.39, 0.29) is 5.56 Å². The summed E-state index contributed by atoms with van der Waals surface area (Å²) >= 11 is 0. The van der Waals surface area contributed by atoms with Gasteiger partial charge in [-0.05, 0) is 18.9 Å². The maximum absolute atomic E-state index is 12.5.